The second-order valence-corrected chi connectivity index (χ2v) is 31.7. The van der Waals surface area contributed by atoms with Crippen LogP contribution >= 0.6 is 0 Å². The number of H-pyrrole nitrogens is 1. The van der Waals surface area contributed by atoms with Crippen LogP contribution in [0.2, 0.25) is 0 Å². The van der Waals surface area contributed by atoms with E-state index in [0.29, 0.717) is 123 Å². The minimum Gasteiger partial charge on any atom is -0.491 e. The third kappa shape index (κ3) is 20.6. The van der Waals surface area contributed by atoms with Crippen LogP contribution in [0.5, 0.6) is 5.75 Å². The Hall–Kier alpha value is -13.7. The number of hydrogen-bond acceptors (Lipinski definition) is 26. The highest BCUT2D eigenvalue weighted by atomic mass is 19.4. The normalized spacial score (nSPS) is 18.6. The summed E-state index contributed by atoms with van der Waals surface area (Å²) in [6, 6.07) is 16.9. The molecule has 0 aliphatic carbocycles. The van der Waals surface area contributed by atoms with Gasteiger partial charge >= 0.3 is 54.8 Å². The van der Waals surface area contributed by atoms with Crippen molar-refractivity contribution < 1.29 is 110 Å². The number of Topliss-reactive ketones (excluding diaryl/α,β-unsaturated/α-hetero) is 3. The molecule has 129 heavy (non-hydrogen) atoms. The number of alkyl halides is 12. The van der Waals surface area contributed by atoms with Crippen molar-refractivity contribution in [2.75, 3.05) is 126 Å². The highest BCUT2D eigenvalue weighted by Crippen LogP contribution is 2.45. The fourth-order valence-electron chi connectivity index (χ4n) is 15.5. The fourth-order valence-corrected chi connectivity index (χ4v) is 15.5. The first kappa shape index (κ1) is 91.5. The number of nitrogens with one attached hydrogen (secondary N) is 6. The number of rotatable bonds is 19. The van der Waals surface area contributed by atoms with Crippen LogP contribution in [-0.4, -0.2) is 239 Å². The number of aromatic nitrogens is 11. The predicted octanol–water partition coefficient (Wildman–Crippen LogP) is 12.3. The Kier molecular flexibility index (Phi) is 26.5. The van der Waals surface area contributed by atoms with Crippen LogP contribution in [0.1, 0.15) is 120 Å². The monoisotopic (exact) mass is 1810 g/mol. The summed E-state index contributed by atoms with van der Waals surface area (Å²) in [6.07, 6.45) is -12.9. The highest BCUT2D eigenvalue weighted by Gasteiger charge is 2.48. The molecule has 684 valence electrons. The number of ketones is 3. The number of aliphatic hydroxyl groups excluding tert-OH is 2. The summed E-state index contributed by atoms with van der Waals surface area (Å²) in [4.78, 5) is 146. The molecule has 4 saturated heterocycles. The van der Waals surface area contributed by atoms with Crippen LogP contribution in [0.3, 0.4) is 0 Å². The van der Waals surface area contributed by atoms with E-state index < -0.39 is 128 Å². The number of aryl methyl sites for hydroxylation is 1. The molecule has 8 aliphatic heterocycles. The van der Waals surface area contributed by atoms with Crippen LogP contribution in [0.4, 0.5) is 141 Å². The van der Waals surface area contributed by atoms with Gasteiger partial charge in [0.05, 0.1) is 82.9 Å². The van der Waals surface area contributed by atoms with Gasteiger partial charge in [0, 0.05) is 95.8 Å². The Labute approximate surface area is 724 Å². The van der Waals surface area contributed by atoms with Gasteiger partial charge < -0.3 is 44.3 Å². The van der Waals surface area contributed by atoms with Gasteiger partial charge in [-0.1, -0.05) is 20.8 Å². The molecule has 48 heteroatoms. The molecule has 17 heterocycles. The molecular weight excluding hydrogens is 1730 g/mol. The summed E-state index contributed by atoms with van der Waals surface area (Å²) >= 11 is 0. The van der Waals surface area contributed by atoms with Crippen LogP contribution < -0.4 is 70.5 Å². The lowest BCUT2D eigenvalue weighted by Crippen LogP contribution is -2.49. The van der Waals surface area contributed by atoms with Crippen molar-refractivity contribution in [3.63, 3.8) is 0 Å². The van der Waals surface area contributed by atoms with Gasteiger partial charge in [-0.2, -0.15) is 62.9 Å². The predicted molar refractivity (Wildman–Crippen MR) is 441 cm³/mol. The standard InChI is InChI=1S/C22H22F3N7O2.C22H25F3N6O5.C19H19F3N6O2.C18H18F3N5O3/c1-11(22(23,24)25)9-17(33)15-5-6-16-20(27-15)32(13-7-8-31(16)10-13)21(34)28-19-14-4-3-12(2)26-18(14)29-30-19;1-12(22(23,24)25)27-20(34)16-2-3-17-19(28-16)31(13-5-7-30(17)9-13)21(35)29-18-8-15(4-6-26-18)36-11-14(33)10-32;1-11(19(20,21)22)9-15(29)13-4-5-14-17(24-13)28(12-6-8-27(14)10-12)18(30)25-16-3-2-7-23-26-16;1-10(18(19,20)21)8-14(27)12-2-3-13-15(23-12)26(11-4-6-25(13)9-11)17(28)24-16-22-5-7-29-16/h3-6,11,13H,7-10H2,1-2H3,(H2,26,28,29,30,34);2-4,6,8,12-14,32-33H,5,7,9-11H2,1H3,(H,27,34)(H,26,29,35);2-5,7,11-12H,6,8-10H2,1H3,(H,25,26,30);2-3,5,7,10-11H,4,6,8-9H2,1H3,(H,22,24,28)/t11-,13-;12-,13+,14-;11-,12-;10-,11-/m0100/s1. The summed E-state index contributed by atoms with van der Waals surface area (Å²) < 4.78 is 165. The summed E-state index contributed by atoms with van der Waals surface area (Å²) in [5.41, 5.74) is 3.36. The van der Waals surface area contributed by atoms with E-state index in [2.05, 4.69) is 81.4 Å². The number of carbonyl (C=O) groups excluding carboxylic acids is 8. The fraction of sp³-hybridized carbons (Fsp3) is 0.432. The lowest BCUT2D eigenvalue weighted by atomic mass is 10.0. The Morgan fingerprint density at radius 1 is 0.504 bits per heavy atom. The Bertz CT molecular complexity index is 5680. The molecule has 0 aromatic carbocycles. The molecule has 0 radical (unpaired) electrons. The smallest absolute Gasteiger partial charge is 0.408 e. The first-order valence-corrected chi connectivity index (χ1v) is 40.6. The third-order valence-electron chi connectivity index (χ3n) is 22.6. The molecule has 9 aromatic heterocycles. The number of nitrogens with zero attached hydrogens (tertiary/aromatic N) is 18. The molecule has 9 aromatic rings. The number of halogens is 12. The molecule has 8 bridgehead atoms. The van der Waals surface area contributed by atoms with Crippen molar-refractivity contribution in [3.8, 4) is 5.75 Å². The van der Waals surface area contributed by atoms with Crippen molar-refractivity contribution in [2.45, 2.75) is 141 Å². The molecule has 9 amide bonds. The van der Waals surface area contributed by atoms with Gasteiger partial charge in [0.25, 0.3) is 5.91 Å². The number of aromatic amines is 1. The van der Waals surface area contributed by atoms with E-state index >= 15 is 0 Å². The van der Waals surface area contributed by atoms with Crippen molar-refractivity contribution >= 4 is 128 Å². The van der Waals surface area contributed by atoms with Crippen LogP contribution in [0.15, 0.2) is 114 Å². The summed E-state index contributed by atoms with van der Waals surface area (Å²) in [5, 5.41) is 46.0. The number of oxazole rings is 1. The topological polar surface area (TPSA) is 430 Å². The lowest BCUT2D eigenvalue weighted by Gasteiger charge is -2.35. The van der Waals surface area contributed by atoms with Gasteiger partial charge in [-0.3, -0.25) is 65.1 Å². The number of amides is 9. The second-order valence-electron chi connectivity index (χ2n) is 31.7. The maximum atomic E-state index is 13.4. The van der Waals surface area contributed by atoms with E-state index in [0.717, 1.165) is 33.4 Å². The molecule has 17 rings (SSSR count). The first-order valence-electron chi connectivity index (χ1n) is 40.6. The molecule has 0 saturated carbocycles. The number of carbonyl (C=O) groups is 8. The number of urea groups is 4. The number of aliphatic hydroxyl groups is 2. The summed E-state index contributed by atoms with van der Waals surface area (Å²) in [6.45, 7) is 10.1. The van der Waals surface area contributed by atoms with Gasteiger partial charge in [-0.05, 0) is 118 Å². The highest BCUT2D eigenvalue weighted by molar-refractivity contribution is 6.10. The molecule has 8 aliphatic rings. The zero-order valence-electron chi connectivity index (χ0n) is 69.2. The SMILES string of the molecule is C[C@@H](CC(=O)c1ccc2c(n1)N(C(=O)Nc1cccnn1)[C@H]1CCN2C1)C(F)(F)F.C[C@@H](CC(=O)c1ccc2c(n1)N(C(=O)Nc1ncco1)[C@H]1CCN2C1)C(F)(F)F.C[C@@H](NC(=O)c1ccc2c(n1)N(C(=O)Nc1cc(OC[C@H](O)CO)ccn1)[C@H]1CCN2C1)C(F)(F)F.Cc1ccc2c(NC(=O)N3c4nc(C(=O)C[C@H](C)C(F)(F)F)ccc4N4CC[C@H]3C4)n[nH]c2n1. The first-order chi connectivity index (χ1) is 61.1. The maximum Gasteiger partial charge on any atom is 0.408 e. The van der Waals surface area contributed by atoms with Gasteiger partial charge in [0.15, 0.2) is 57.9 Å². The van der Waals surface area contributed by atoms with E-state index in [1.54, 1.807) is 48.5 Å². The number of ether oxygens (including phenoxy) is 1. The number of hydrogen-bond donors (Lipinski definition) is 8. The Morgan fingerprint density at radius 3 is 1.34 bits per heavy atom. The molecule has 4 fully saturated rings. The quantitative estimate of drug-likeness (QED) is 0.0275. The van der Waals surface area contributed by atoms with Crippen molar-refractivity contribution in [1.29, 1.82) is 0 Å². The van der Waals surface area contributed by atoms with Crippen molar-refractivity contribution in [3.05, 3.63) is 138 Å². The lowest BCUT2D eigenvalue weighted by molar-refractivity contribution is -0.169. The number of fused-ring (bicyclic) bond motifs is 17. The van der Waals surface area contributed by atoms with E-state index in [1.165, 1.54) is 80.9 Å². The van der Waals surface area contributed by atoms with E-state index in [9.17, 15) is 96.1 Å². The van der Waals surface area contributed by atoms with Crippen molar-refractivity contribution in [1.82, 2.24) is 60.6 Å². The third-order valence-corrected chi connectivity index (χ3v) is 22.6. The molecule has 36 nitrogen and oxygen atoms in total. The molecule has 9 atom stereocenters. The molecular formula is C81H84F12N24O12. The average Bonchev–Trinajstić information content (AvgIpc) is 1.63. The van der Waals surface area contributed by atoms with Gasteiger partial charge in [0.1, 0.15) is 59.4 Å². The van der Waals surface area contributed by atoms with Crippen LogP contribution in [0.25, 0.3) is 11.0 Å². The van der Waals surface area contributed by atoms with Gasteiger partial charge in [-0.15, -0.1) is 5.10 Å². The van der Waals surface area contributed by atoms with Gasteiger partial charge in [0.2, 0.25) is 0 Å². The Balaban J connectivity index is 0.000000139. The van der Waals surface area contributed by atoms with E-state index in [1.807, 2.05) is 26.9 Å². The zero-order valence-corrected chi connectivity index (χ0v) is 69.2. The minimum absolute atomic E-state index is 0.0169. The minimum atomic E-state index is -4.61. The van der Waals surface area contributed by atoms with E-state index in [4.69, 9.17) is 14.3 Å². The van der Waals surface area contributed by atoms with Crippen molar-refractivity contribution in [2.24, 2.45) is 17.8 Å². The number of anilines is 12. The molecule has 0 unspecified atom stereocenters. The second kappa shape index (κ2) is 37.3. The summed E-state index contributed by atoms with van der Waals surface area (Å²) in [5.74, 6) is -6.59. The largest absolute Gasteiger partial charge is 0.491 e. The number of pyridine rings is 6. The molecule has 0 spiro atoms. The zero-order chi connectivity index (χ0) is 92.5. The van der Waals surface area contributed by atoms with Gasteiger partial charge in [-0.25, -0.2) is 54.1 Å². The Morgan fingerprint density at radius 2 is 0.930 bits per heavy atom. The van der Waals surface area contributed by atoms with Crippen LogP contribution in [-0.2, 0) is 0 Å². The summed E-state index contributed by atoms with van der Waals surface area (Å²) in [7, 11) is 0. The van der Waals surface area contributed by atoms with Crippen LogP contribution in [0, 0.1) is 24.7 Å². The maximum absolute atomic E-state index is 13.4. The molecule has 8 N–H and O–H groups in total. The average molecular weight is 1810 g/mol. The van der Waals surface area contributed by atoms with E-state index in [-0.39, 0.29) is 94.5 Å².